The molecule has 2 atom stereocenters. The second kappa shape index (κ2) is 8.69. The summed E-state index contributed by atoms with van der Waals surface area (Å²) in [7, 11) is 0. The summed E-state index contributed by atoms with van der Waals surface area (Å²) in [6.45, 7) is 8.52. The van der Waals surface area contributed by atoms with Crippen molar-refractivity contribution in [1.82, 2.24) is 0 Å². The molecule has 0 spiro atoms. The number of amides is 1. The van der Waals surface area contributed by atoms with Crippen LogP contribution in [-0.4, -0.2) is 30.4 Å². The van der Waals surface area contributed by atoms with Crippen LogP contribution in [0.1, 0.15) is 33.3 Å². The number of hydrogen-bond donors (Lipinski definition) is 0. The Morgan fingerprint density at radius 2 is 1.86 bits per heavy atom. The van der Waals surface area contributed by atoms with Crippen LogP contribution in [0.2, 0.25) is 0 Å². The Balaban J connectivity index is 1.80. The van der Waals surface area contributed by atoms with Crippen molar-refractivity contribution in [2.45, 2.75) is 52.1 Å². The van der Waals surface area contributed by atoms with Crippen LogP contribution in [0.25, 0.3) is 0 Å². The largest absolute Gasteiger partial charge is 0.489 e. The zero-order valence-electron chi connectivity index (χ0n) is 16.6. The maximum Gasteiger partial charge on any atom is 0.414 e. The van der Waals surface area contributed by atoms with E-state index in [1.54, 1.807) is 4.90 Å². The average Bonchev–Trinajstić information content (AvgIpc) is 3.33. The molecule has 1 saturated heterocycles. The highest BCUT2D eigenvalue weighted by Crippen LogP contribution is 2.32. The second-order valence-corrected chi connectivity index (χ2v) is 9.02. The molecule has 1 heterocycles. The molecule has 0 radical (unpaired) electrons. The first-order chi connectivity index (χ1) is 13.2. The summed E-state index contributed by atoms with van der Waals surface area (Å²) in [5, 5.41) is 0. The van der Waals surface area contributed by atoms with E-state index in [2.05, 4.69) is 22.6 Å². The third-order valence-electron chi connectivity index (χ3n) is 4.27. The molecule has 0 unspecified atom stereocenters. The van der Waals surface area contributed by atoms with Crippen molar-refractivity contribution < 1.29 is 19.0 Å². The van der Waals surface area contributed by atoms with Crippen LogP contribution >= 0.6 is 22.6 Å². The monoisotopic (exact) mass is 495 g/mol. The molecule has 1 aliphatic heterocycles. The predicted molar refractivity (Wildman–Crippen MR) is 118 cm³/mol. The van der Waals surface area contributed by atoms with E-state index in [1.165, 1.54) is 0 Å². The van der Waals surface area contributed by atoms with Crippen molar-refractivity contribution in [1.29, 1.82) is 0 Å². The molecular formula is C22H26INO4. The summed E-state index contributed by atoms with van der Waals surface area (Å²) in [6.07, 6.45) is -0.203. The molecule has 2 aromatic carbocycles. The highest BCUT2D eigenvalue weighted by Gasteiger charge is 2.39. The molecular weight excluding hydrogens is 469 g/mol. The summed E-state index contributed by atoms with van der Waals surface area (Å²) >= 11 is 2.23. The summed E-state index contributed by atoms with van der Waals surface area (Å²) in [4.78, 5) is 14.5. The van der Waals surface area contributed by atoms with Crippen molar-refractivity contribution in [3.05, 3.63) is 57.7 Å². The second-order valence-electron chi connectivity index (χ2n) is 7.86. The van der Waals surface area contributed by atoms with Crippen molar-refractivity contribution in [3.63, 3.8) is 0 Å². The van der Waals surface area contributed by atoms with Gasteiger partial charge in [0.1, 0.15) is 24.1 Å². The lowest BCUT2D eigenvalue weighted by Gasteiger charge is -2.28. The summed E-state index contributed by atoms with van der Waals surface area (Å²) in [5.74, 6) is 0.706. The third-order valence-corrected chi connectivity index (χ3v) is 5.18. The molecule has 1 fully saturated rings. The average molecular weight is 495 g/mol. The standard InChI is InChI=1S/C22H26INO4/c1-15-20(27-15)13-24(21(25)28-22(2,3)4)19-12-17(10-11-18(19)23)26-14-16-8-6-5-7-9-16/h5-12,15,20H,13-14H2,1-4H3/t15-,20-/m1/s1. The first-order valence-corrected chi connectivity index (χ1v) is 10.4. The fourth-order valence-corrected chi connectivity index (χ4v) is 3.35. The van der Waals surface area contributed by atoms with Gasteiger partial charge in [-0.25, -0.2) is 4.79 Å². The SMILES string of the molecule is C[C@H]1O[C@@H]1CN(C(=O)OC(C)(C)C)c1cc(OCc2ccccc2)ccc1I. The number of halogens is 1. The van der Waals surface area contributed by atoms with E-state index in [9.17, 15) is 4.79 Å². The molecule has 150 valence electrons. The lowest BCUT2D eigenvalue weighted by molar-refractivity contribution is 0.0577. The van der Waals surface area contributed by atoms with E-state index >= 15 is 0 Å². The lowest BCUT2D eigenvalue weighted by Crippen LogP contribution is -2.39. The third kappa shape index (κ3) is 5.85. The number of nitrogens with zero attached hydrogens (tertiary/aromatic N) is 1. The van der Waals surface area contributed by atoms with E-state index in [0.29, 0.717) is 18.9 Å². The Hall–Kier alpha value is -1.80. The van der Waals surface area contributed by atoms with Gasteiger partial charge in [0.25, 0.3) is 0 Å². The van der Waals surface area contributed by atoms with Gasteiger partial charge in [0.05, 0.1) is 18.3 Å². The van der Waals surface area contributed by atoms with Gasteiger partial charge in [-0.1, -0.05) is 30.3 Å². The highest BCUT2D eigenvalue weighted by molar-refractivity contribution is 14.1. The van der Waals surface area contributed by atoms with Gasteiger partial charge in [0.2, 0.25) is 0 Å². The Morgan fingerprint density at radius 1 is 1.18 bits per heavy atom. The maximum absolute atomic E-state index is 12.9. The van der Waals surface area contributed by atoms with E-state index in [1.807, 2.05) is 76.2 Å². The van der Waals surface area contributed by atoms with Gasteiger partial charge in [0, 0.05) is 9.64 Å². The summed E-state index contributed by atoms with van der Waals surface area (Å²) < 4.78 is 18.1. The minimum atomic E-state index is -0.571. The topological polar surface area (TPSA) is 51.3 Å². The Morgan fingerprint density at radius 3 is 2.46 bits per heavy atom. The van der Waals surface area contributed by atoms with Gasteiger partial charge in [-0.05, 0) is 68.0 Å². The number of ether oxygens (including phenoxy) is 3. The van der Waals surface area contributed by atoms with Gasteiger partial charge < -0.3 is 14.2 Å². The fourth-order valence-electron chi connectivity index (χ4n) is 2.72. The minimum absolute atomic E-state index is 0.0252. The molecule has 6 heteroatoms. The van der Waals surface area contributed by atoms with Gasteiger partial charge in [-0.2, -0.15) is 0 Å². The molecule has 1 aliphatic rings. The van der Waals surface area contributed by atoms with Crippen LogP contribution in [0, 0.1) is 3.57 Å². The van der Waals surface area contributed by atoms with Crippen LogP contribution in [0.15, 0.2) is 48.5 Å². The first-order valence-electron chi connectivity index (χ1n) is 9.35. The van der Waals surface area contributed by atoms with Gasteiger partial charge in [-0.3, -0.25) is 4.90 Å². The van der Waals surface area contributed by atoms with Crippen LogP contribution in [0.3, 0.4) is 0 Å². The zero-order valence-corrected chi connectivity index (χ0v) is 18.8. The molecule has 2 aromatic rings. The van der Waals surface area contributed by atoms with E-state index in [-0.39, 0.29) is 18.3 Å². The molecule has 0 aliphatic carbocycles. The van der Waals surface area contributed by atoms with Gasteiger partial charge in [-0.15, -0.1) is 0 Å². The van der Waals surface area contributed by atoms with E-state index in [4.69, 9.17) is 14.2 Å². The van der Waals surface area contributed by atoms with Gasteiger partial charge in [0.15, 0.2) is 0 Å². The predicted octanol–water partition coefficient (Wildman–Crippen LogP) is 5.40. The van der Waals surface area contributed by atoms with Gasteiger partial charge >= 0.3 is 6.09 Å². The Labute approximate surface area is 180 Å². The first kappa shape index (κ1) is 20.9. The molecule has 0 bridgehead atoms. The van der Waals surface area contributed by atoms with E-state index in [0.717, 1.165) is 14.8 Å². The number of epoxide rings is 1. The molecule has 0 saturated carbocycles. The number of anilines is 1. The molecule has 28 heavy (non-hydrogen) atoms. The molecule has 3 rings (SSSR count). The molecule has 0 N–H and O–H groups in total. The number of carbonyl (C=O) groups excluding carboxylic acids is 1. The highest BCUT2D eigenvalue weighted by atomic mass is 127. The number of benzene rings is 2. The van der Waals surface area contributed by atoms with Crippen molar-refractivity contribution in [3.8, 4) is 5.75 Å². The number of rotatable bonds is 6. The molecule has 0 aromatic heterocycles. The molecule has 1 amide bonds. The number of hydrogen-bond acceptors (Lipinski definition) is 4. The minimum Gasteiger partial charge on any atom is -0.489 e. The van der Waals surface area contributed by atoms with E-state index < -0.39 is 5.60 Å². The van der Waals surface area contributed by atoms with Crippen LogP contribution in [0.4, 0.5) is 10.5 Å². The number of carbonyl (C=O) groups is 1. The quantitative estimate of drug-likeness (QED) is 0.398. The van der Waals surface area contributed by atoms with Crippen molar-refractivity contribution in [2.24, 2.45) is 0 Å². The smallest absolute Gasteiger partial charge is 0.414 e. The Kier molecular flexibility index (Phi) is 6.50. The normalized spacial score (nSPS) is 18.5. The fraction of sp³-hybridized carbons (Fsp3) is 0.409. The maximum atomic E-state index is 12.9. The van der Waals surface area contributed by atoms with Crippen LogP contribution in [0.5, 0.6) is 5.75 Å². The summed E-state index contributed by atoms with van der Waals surface area (Å²) in [6, 6.07) is 15.7. The van der Waals surface area contributed by atoms with Crippen LogP contribution < -0.4 is 9.64 Å². The Bertz CT molecular complexity index is 819. The molecule has 5 nitrogen and oxygen atoms in total. The van der Waals surface area contributed by atoms with Crippen LogP contribution in [-0.2, 0) is 16.1 Å². The summed E-state index contributed by atoms with van der Waals surface area (Å²) in [5.41, 5.74) is 1.29. The van der Waals surface area contributed by atoms with Crippen molar-refractivity contribution >= 4 is 34.4 Å². The van der Waals surface area contributed by atoms with Crippen molar-refractivity contribution in [2.75, 3.05) is 11.4 Å². The lowest BCUT2D eigenvalue weighted by atomic mass is 10.2. The zero-order chi connectivity index (χ0) is 20.3.